The van der Waals surface area contributed by atoms with Crippen LogP contribution in [0.3, 0.4) is 0 Å². The number of fused-ring (bicyclic) bond motifs is 1. The Balaban J connectivity index is 1.53. The maximum atomic E-state index is 13.3. The van der Waals surface area contributed by atoms with Crippen molar-refractivity contribution in [3.05, 3.63) is 95.1 Å². The number of nitrogen functional groups attached to an aromatic ring is 1. The van der Waals surface area contributed by atoms with Gasteiger partial charge in [0, 0.05) is 16.8 Å². The third kappa shape index (κ3) is 3.69. The van der Waals surface area contributed by atoms with Gasteiger partial charge >= 0.3 is 0 Å². The van der Waals surface area contributed by atoms with Gasteiger partial charge < -0.3 is 11.1 Å². The van der Waals surface area contributed by atoms with E-state index in [1.165, 1.54) is 0 Å². The van der Waals surface area contributed by atoms with Crippen LogP contribution >= 0.6 is 0 Å². The van der Waals surface area contributed by atoms with Crippen LogP contribution in [0.2, 0.25) is 0 Å². The lowest BCUT2D eigenvalue weighted by Gasteiger charge is -2.15. The molecule has 34 heavy (non-hydrogen) atoms. The van der Waals surface area contributed by atoms with Crippen molar-refractivity contribution in [2.24, 2.45) is 0 Å². The zero-order valence-corrected chi connectivity index (χ0v) is 19.3. The first kappa shape index (κ1) is 21.4. The third-order valence-corrected chi connectivity index (χ3v) is 6.30. The van der Waals surface area contributed by atoms with E-state index in [1.54, 1.807) is 0 Å². The lowest BCUT2D eigenvalue weighted by molar-refractivity contribution is 0.102. The molecule has 0 aliphatic rings. The van der Waals surface area contributed by atoms with Crippen molar-refractivity contribution in [3.63, 3.8) is 0 Å². The molecular weight excluding hydrogens is 422 g/mol. The molecule has 5 aromatic rings. The Morgan fingerprint density at radius 3 is 2.41 bits per heavy atom. The van der Waals surface area contributed by atoms with Crippen molar-refractivity contribution in [1.82, 2.24) is 15.2 Å². The fourth-order valence-electron chi connectivity index (χ4n) is 4.32. The molecule has 0 unspecified atom stereocenters. The first-order valence-electron chi connectivity index (χ1n) is 11.1. The van der Waals surface area contributed by atoms with Crippen molar-refractivity contribution in [3.8, 4) is 22.4 Å². The molecule has 0 atom stereocenters. The van der Waals surface area contributed by atoms with Gasteiger partial charge in [-0.05, 0) is 66.8 Å². The molecule has 0 aliphatic heterocycles. The molecule has 168 valence electrons. The third-order valence-electron chi connectivity index (χ3n) is 6.30. The van der Waals surface area contributed by atoms with Crippen LogP contribution in [-0.2, 0) is 0 Å². The number of anilines is 2. The van der Waals surface area contributed by atoms with E-state index in [-0.39, 0.29) is 5.91 Å². The Bertz CT molecular complexity index is 1540. The number of benzene rings is 3. The zero-order valence-electron chi connectivity index (χ0n) is 19.3. The van der Waals surface area contributed by atoms with Gasteiger partial charge in [-0.1, -0.05) is 54.6 Å². The van der Waals surface area contributed by atoms with Gasteiger partial charge in [0.05, 0.1) is 11.1 Å². The average molecular weight is 448 g/mol. The fourth-order valence-corrected chi connectivity index (χ4v) is 4.32. The lowest BCUT2D eigenvalue weighted by atomic mass is 9.96. The van der Waals surface area contributed by atoms with Crippen LogP contribution in [0.15, 0.2) is 72.8 Å². The molecule has 0 fully saturated rings. The van der Waals surface area contributed by atoms with E-state index < -0.39 is 0 Å². The van der Waals surface area contributed by atoms with Crippen molar-refractivity contribution in [1.29, 1.82) is 0 Å². The lowest BCUT2D eigenvalue weighted by Crippen LogP contribution is -2.13. The fraction of sp³-hybridized carbons (Fsp3) is 0.107. The van der Waals surface area contributed by atoms with E-state index in [9.17, 15) is 4.79 Å². The molecule has 6 heteroatoms. The van der Waals surface area contributed by atoms with Gasteiger partial charge in [0.25, 0.3) is 5.91 Å². The van der Waals surface area contributed by atoms with Crippen LogP contribution in [-0.4, -0.2) is 21.1 Å². The smallest absolute Gasteiger partial charge is 0.256 e. The second kappa shape index (κ2) is 8.48. The number of nitrogens with zero attached hydrogens (tertiary/aromatic N) is 2. The summed E-state index contributed by atoms with van der Waals surface area (Å²) in [6, 6.07) is 23.4. The molecule has 0 saturated carbocycles. The van der Waals surface area contributed by atoms with Crippen molar-refractivity contribution in [2.45, 2.75) is 20.8 Å². The number of carbonyl (C=O) groups excluding carboxylic acids is 1. The van der Waals surface area contributed by atoms with E-state index in [0.29, 0.717) is 22.7 Å². The minimum atomic E-state index is -0.160. The van der Waals surface area contributed by atoms with Crippen LogP contribution in [0.5, 0.6) is 0 Å². The second-order valence-electron chi connectivity index (χ2n) is 8.44. The second-order valence-corrected chi connectivity index (χ2v) is 8.44. The molecule has 0 radical (unpaired) electrons. The number of aromatic nitrogens is 3. The predicted molar refractivity (Wildman–Crippen MR) is 138 cm³/mol. The molecule has 0 spiro atoms. The van der Waals surface area contributed by atoms with Crippen LogP contribution in [0.4, 0.5) is 11.5 Å². The van der Waals surface area contributed by atoms with E-state index >= 15 is 0 Å². The molecule has 0 aliphatic carbocycles. The topological polar surface area (TPSA) is 96.7 Å². The van der Waals surface area contributed by atoms with Gasteiger partial charge in [-0.3, -0.25) is 9.89 Å². The normalized spacial score (nSPS) is 11.0. The van der Waals surface area contributed by atoms with Crippen LogP contribution in [0, 0.1) is 20.8 Å². The minimum absolute atomic E-state index is 0.160. The molecule has 3 aromatic carbocycles. The number of pyridine rings is 1. The van der Waals surface area contributed by atoms with Crippen LogP contribution in [0.25, 0.3) is 33.4 Å². The molecule has 5 rings (SSSR count). The van der Waals surface area contributed by atoms with Crippen LogP contribution in [0.1, 0.15) is 27.0 Å². The molecule has 1 amide bonds. The van der Waals surface area contributed by atoms with Crippen molar-refractivity contribution in [2.75, 3.05) is 11.1 Å². The summed E-state index contributed by atoms with van der Waals surface area (Å²) in [5, 5.41) is 11.0. The summed E-state index contributed by atoms with van der Waals surface area (Å²) < 4.78 is 0. The SMILES string of the molecule is Cc1ccc(NC(=O)c2ccccc2-c2ccccc2)cc1-c1nc2[nH]nc(N)c2c(C)c1C. The van der Waals surface area contributed by atoms with Gasteiger partial charge in [-0.15, -0.1) is 0 Å². The van der Waals surface area contributed by atoms with Crippen LogP contribution < -0.4 is 11.1 Å². The largest absolute Gasteiger partial charge is 0.382 e. The molecule has 6 nitrogen and oxygen atoms in total. The van der Waals surface area contributed by atoms with E-state index in [4.69, 9.17) is 10.7 Å². The van der Waals surface area contributed by atoms with Gasteiger partial charge in [0.1, 0.15) is 0 Å². The van der Waals surface area contributed by atoms with Crippen molar-refractivity contribution >= 4 is 28.4 Å². The first-order valence-corrected chi connectivity index (χ1v) is 11.1. The first-order chi connectivity index (χ1) is 16.4. The highest BCUT2D eigenvalue weighted by atomic mass is 16.1. The number of hydrogen-bond acceptors (Lipinski definition) is 4. The summed E-state index contributed by atoms with van der Waals surface area (Å²) in [5.41, 5.74) is 14.8. The summed E-state index contributed by atoms with van der Waals surface area (Å²) in [6.07, 6.45) is 0. The zero-order chi connectivity index (χ0) is 23.8. The maximum Gasteiger partial charge on any atom is 0.256 e. The average Bonchev–Trinajstić information content (AvgIpc) is 3.23. The highest BCUT2D eigenvalue weighted by Crippen LogP contribution is 2.34. The number of hydrogen-bond donors (Lipinski definition) is 3. The number of rotatable bonds is 4. The number of aryl methyl sites for hydroxylation is 2. The summed E-state index contributed by atoms with van der Waals surface area (Å²) in [4.78, 5) is 18.1. The Morgan fingerprint density at radius 1 is 0.882 bits per heavy atom. The Hall–Kier alpha value is -4.45. The number of nitrogens with one attached hydrogen (secondary N) is 2. The molecule has 4 N–H and O–H groups in total. The molecular formula is C28H25N5O. The minimum Gasteiger partial charge on any atom is -0.382 e. The Kier molecular flexibility index (Phi) is 5.34. The van der Waals surface area contributed by atoms with Gasteiger partial charge in [-0.2, -0.15) is 5.10 Å². The monoisotopic (exact) mass is 447 g/mol. The summed E-state index contributed by atoms with van der Waals surface area (Å²) >= 11 is 0. The summed E-state index contributed by atoms with van der Waals surface area (Å²) in [6.45, 7) is 6.09. The van der Waals surface area contributed by atoms with Crippen molar-refractivity contribution < 1.29 is 4.79 Å². The van der Waals surface area contributed by atoms with E-state index in [2.05, 4.69) is 15.5 Å². The molecule has 2 aromatic heterocycles. The van der Waals surface area contributed by atoms with E-state index in [1.807, 2.05) is 93.6 Å². The Labute approximate surface area is 197 Å². The molecule has 0 saturated heterocycles. The highest BCUT2D eigenvalue weighted by Gasteiger charge is 2.17. The molecule has 2 heterocycles. The number of nitrogens with two attached hydrogens (primary N) is 1. The highest BCUT2D eigenvalue weighted by molar-refractivity contribution is 6.09. The van der Waals surface area contributed by atoms with Gasteiger partial charge in [-0.25, -0.2) is 4.98 Å². The van der Waals surface area contributed by atoms with E-state index in [0.717, 1.165) is 44.5 Å². The maximum absolute atomic E-state index is 13.3. The number of amides is 1. The predicted octanol–water partition coefficient (Wildman–Crippen LogP) is 6.05. The number of aromatic amines is 1. The number of carbonyl (C=O) groups is 1. The van der Waals surface area contributed by atoms with Gasteiger partial charge in [0.2, 0.25) is 0 Å². The summed E-state index contributed by atoms with van der Waals surface area (Å²) in [7, 11) is 0. The number of H-pyrrole nitrogens is 1. The van der Waals surface area contributed by atoms with Gasteiger partial charge in [0.15, 0.2) is 11.5 Å². The standard InChI is InChI=1S/C28H25N5O/c1-16-13-14-20(15-23(16)25-18(3)17(2)24-26(29)32-33-27(24)31-25)30-28(34)22-12-8-7-11-21(22)19-9-5-4-6-10-19/h4-15H,1-3H3,(H,30,34)(H3,29,31,32,33). The Morgan fingerprint density at radius 2 is 1.62 bits per heavy atom. The molecule has 0 bridgehead atoms. The summed E-state index contributed by atoms with van der Waals surface area (Å²) in [5.74, 6) is 0.288. The quantitative estimate of drug-likeness (QED) is 0.312.